The first-order valence-corrected chi connectivity index (χ1v) is 6.56. The van der Waals surface area contributed by atoms with Crippen molar-refractivity contribution in [3.05, 3.63) is 30.1 Å². The quantitative estimate of drug-likeness (QED) is 0.520. The van der Waals surface area contributed by atoms with Crippen LogP contribution in [-0.4, -0.2) is 52.3 Å². The monoisotopic (exact) mass is 289 g/mol. The summed E-state index contributed by atoms with van der Waals surface area (Å²) in [6, 6.07) is 5.68. The van der Waals surface area contributed by atoms with Crippen LogP contribution < -0.4 is 5.32 Å². The zero-order valence-electron chi connectivity index (χ0n) is 10.2. The number of aliphatic hydroxyl groups is 3. The van der Waals surface area contributed by atoms with Crippen molar-refractivity contribution in [2.45, 2.75) is 10.4 Å². The molecule has 0 unspecified atom stereocenters. The van der Waals surface area contributed by atoms with Crippen LogP contribution in [0.3, 0.4) is 0 Å². The Balaban J connectivity index is 2.49. The van der Waals surface area contributed by atoms with Gasteiger partial charge in [0.1, 0.15) is 11.4 Å². The van der Waals surface area contributed by atoms with Crippen molar-refractivity contribution >= 4 is 17.7 Å². The van der Waals surface area contributed by atoms with E-state index in [-0.39, 0.29) is 11.6 Å². The van der Waals surface area contributed by atoms with Crippen LogP contribution in [-0.2, 0) is 4.79 Å². The number of hydrogen-bond acceptors (Lipinski definition) is 5. The van der Waals surface area contributed by atoms with Crippen molar-refractivity contribution in [3.8, 4) is 0 Å². The summed E-state index contributed by atoms with van der Waals surface area (Å²) in [5.41, 5.74) is -1.42. The van der Waals surface area contributed by atoms with Crippen molar-refractivity contribution in [3.63, 3.8) is 0 Å². The molecule has 0 radical (unpaired) electrons. The molecule has 4 N–H and O–H groups in total. The van der Waals surface area contributed by atoms with Gasteiger partial charge in [0.2, 0.25) is 5.91 Å². The molecular formula is C12H16FNO4S. The highest BCUT2D eigenvalue weighted by Gasteiger charge is 2.29. The number of carbonyl (C=O) groups is 1. The Morgan fingerprint density at radius 2 is 1.68 bits per heavy atom. The second-order valence-electron chi connectivity index (χ2n) is 4.05. The molecule has 106 valence electrons. The Labute approximate surface area is 114 Å². The molecule has 0 saturated carbocycles. The molecule has 19 heavy (non-hydrogen) atoms. The van der Waals surface area contributed by atoms with Crippen molar-refractivity contribution in [2.75, 3.05) is 25.6 Å². The molecule has 0 aliphatic carbocycles. The van der Waals surface area contributed by atoms with Gasteiger partial charge < -0.3 is 20.6 Å². The van der Waals surface area contributed by atoms with Gasteiger partial charge in [-0.1, -0.05) is 0 Å². The number of aliphatic hydroxyl groups excluding tert-OH is 3. The molecule has 1 aromatic carbocycles. The molecule has 0 aliphatic heterocycles. The van der Waals surface area contributed by atoms with Crippen LogP contribution in [0.2, 0.25) is 0 Å². The van der Waals surface area contributed by atoms with Crippen molar-refractivity contribution in [2.24, 2.45) is 0 Å². The van der Waals surface area contributed by atoms with Crippen LogP contribution in [0, 0.1) is 5.82 Å². The molecule has 0 atom stereocenters. The second-order valence-corrected chi connectivity index (χ2v) is 5.09. The SMILES string of the molecule is O=C(CSc1ccc(F)cc1)NC(CO)(CO)CO. The van der Waals surface area contributed by atoms with E-state index in [0.717, 1.165) is 4.90 Å². The molecule has 0 fully saturated rings. The summed E-state index contributed by atoms with van der Waals surface area (Å²) in [7, 11) is 0. The fourth-order valence-corrected chi connectivity index (χ4v) is 1.98. The fraction of sp³-hybridized carbons (Fsp3) is 0.417. The Kier molecular flexibility index (Phi) is 6.23. The molecule has 0 bridgehead atoms. The molecule has 0 aliphatic rings. The average molecular weight is 289 g/mol. The normalized spacial score (nSPS) is 11.4. The third kappa shape index (κ3) is 4.79. The number of halogens is 1. The van der Waals surface area contributed by atoms with Gasteiger partial charge in [0.15, 0.2) is 0 Å². The summed E-state index contributed by atoms with van der Waals surface area (Å²) in [6.45, 7) is -1.69. The molecule has 0 saturated heterocycles. The first kappa shape index (κ1) is 15.9. The van der Waals surface area contributed by atoms with Crippen LogP contribution in [0.25, 0.3) is 0 Å². The summed E-state index contributed by atoms with van der Waals surface area (Å²) >= 11 is 1.19. The fourth-order valence-electron chi connectivity index (χ4n) is 1.28. The standard InChI is InChI=1S/C12H16FNO4S/c13-9-1-3-10(4-2-9)19-5-11(18)14-12(6-15,7-16)8-17/h1-4,15-17H,5-8H2,(H,14,18). The van der Waals surface area contributed by atoms with E-state index in [1.807, 2.05) is 0 Å². The summed E-state index contributed by atoms with van der Waals surface area (Å²) in [4.78, 5) is 12.4. The van der Waals surface area contributed by atoms with Crippen LogP contribution in [0.4, 0.5) is 4.39 Å². The third-order valence-electron chi connectivity index (χ3n) is 2.50. The molecule has 1 rings (SSSR count). The van der Waals surface area contributed by atoms with Gasteiger partial charge in [0, 0.05) is 4.90 Å². The number of hydrogen-bond donors (Lipinski definition) is 4. The molecule has 0 heterocycles. The van der Waals surface area contributed by atoms with Gasteiger partial charge in [0.05, 0.1) is 25.6 Å². The Bertz CT molecular complexity index is 400. The smallest absolute Gasteiger partial charge is 0.231 e. The van der Waals surface area contributed by atoms with E-state index in [2.05, 4.69) is 5.32 Å². The summed E-state index contributed by atoms with van der Waals surface area (Å²) in [5, 5.41) is 29.6. The lowest BCUT2D eigenvalue weighted by molar-refractivity contribution is -0.122. The number of thioether (sulfide) groups is 1. The highest BCUT2D eigenvalue weighted by atomic mass is 32.2. The van der Waals surface area contributed by atoms with Crippen molar-refractivity contribution < 1.29 is 24.5 Å². The predicted molar refractivity (Wildman–Crippen MR) is 69.3 cm³/mol. The topological polar surface area (TPSA) is 89.8 Å². The largest absolute Gasteiger partial charge is 0.394 e. The van der Waals surface area contributed by atoms with Crippen LogP contribution in [0.5, 0.6) is 0 Å². The van der Waals surface area contributed by atoms with E-state index in [1.54, 1.807) is 12.1 Å². The number of rotatable bonds is 7. The number of carbonyl (C=O) groups excluding carboxylic acids is 1. The van der Waals surface area contributed by atoms with Gasteiger partial charge in [-0.25, -0.2) is 4.39 Å². The van der Waals surface area contributed by atoms with Crippen LogP contribution in [0.1, 0.15) is 0 Å². The lowest BCUT2D eigenvalue weighted by atomic mass is 10.0. The van der Waals surface area contributed by atoms with E-state index in [9.17, 15) is 9.18 Å². The summed E-state index contributed by atoms with van der Waals surface area (Å²) in [6.07, 6.45) is 0. The Hall–Kier alpha value is -1.15. The Morgan fingerprint density at radius 3 is 2.16 bits per heavy atom. The van der Waals surface area contributed by atoms with Gasteiger partial charge in [-0.2, -0.15) is 0 Å². The third-order valence-corrected chi connectivity index (χ3v) is 3.51. The van der Waals surface area contributed by atoms with Gasteiger partial charge in [-0.3, -0.25) is 4.79 Å². The van der Waals surface area contributed by atoms with E-state index in [1.165, 1.54) is 23.9 Å². The molecular weight excluding hydrogens is 273 g/mol. The molecule has 1 aromatic rings. The predicted octanol–water partition coefficient (Wildman–Crippen LogP) is -0.250. The summed E-state index contributed by atoms with van der Waals surface area (Å²) < 4.78 is 12.7. The van der Waals surface area contributed by atoms with Gasteiger partial charge in [0.25, 0.3) is 0 Å². The lowest BCUT2D eigenvalue weighted by Gasteiger charge is -2.28. The van der Waals surface area contributed by atoms with Crippen LogP contribution >= 0.6 is 11.8 Å². The van der Waals surface area contributed by atoms with E-state index >= 15 is 0 Å². The lowest BCUT2D eigenvalue weighted by Crippen LogP contribution is -2.57. The first-order valence-electron chi connectivity index (χ1n) is 5.57. The van der Waals surface area contributed by atoms with Crippen LogP contribution in [0.15, 0.2) is 29.2 Å². The van der Waals surface area contributed by atoms with Crippen molar-refractivity contribution in [1.82, 2.24) is 5.32 Å². The minimum Gasteiger partial charge on any atom is -0.394 e. The van der Waals surface area contributed by atoms with Gasteiger partial charge in [-0.05, 0) is 24.3 Å². The zero-order chi connectivity index (χ0) is 14.3. The minimum absolute atomic E-state index is 0.0351. The molecule has 0 spiro atoms. The van der Waals surface area contributed by atoms with E-state index in [0.29, 0.717) is 0 Å². The molecule has 0 aromatic heterocycles. The first-order chi connectivity index (χ1) is 9.05. The number of nitrogens with one attached hydrogen (secondary N) is 1. The highest BCUT2D eigenvalue weighted by Crippen LogP contribution is 2.18. The number of amides is 1. The molecule has 7 heteroatoms. The number of benzene rings is 1. The van der Waals surface area contributed by atoms with E-state index < -0.39 is 31.3 Å². The second kappa shape index (κ2) is 7.44. The van der Waals surface area contributed by atoms with Gasteiger partial charge >= 0.3 is 0 Å². The maximum absolute atomic E-state index is 12.7. The maximum atomic E-state index is 12.7. The maximum Gasteiger partial charge on any atom is 0.231 e. The highest BCUT2D eigenvalue weighted by molar-refractivity contribution is 8.00. The van der Waals surface area contributed by atoms with Gasteiger partial charge in [-0.15, -0.1) is 11.8 Å². The van der Waals surface area contributed by atoms with E-state index in [4.69, 9.17) is 15.3 Å². The zero-order valence-corrected chi connectivity index (χ0v) is 11.0. The minimum atomic E-state index is -1.42. The van der Waals surface area contributed by atoms with Crippen molar-refractivity contribution in [1.29, 1.82) is 0 Å². The molecule has 5 nitrogen and oxygen atoms in total. The Morgan fingerprint density at radius 1 is 1.16 bits per heavy atom. The summed E-state index contributed by atoms with van der Waals surface area (Å²) in [5.74, 6) is -0.756. The average Bonchev–Trinajstić information content (AvgIpc) is 2.44. The molecule has 1 amide bonds.